The first-order valence-corrected chi connectivity index (χ1v) is 4.57. The Morgan fingerprint density at radius 1 is 1.45 bits per heavy atom. The number of rotatable bonds is 0. The molecule has 0 aromatic heterocycles. The van der Waals surface area contributed by atoms with Gasteiger partial charge in [-0.3, -0.25) is 0 Å². The van der Waals surface area contributed by atoms with Crippen LogP contribution in [0.5, 0.6) is 0 Å². The standard InChI is InChI=1S/C9H18N2/c1-9-6-11(2)5-7(9)3-4-8(9)10/h7-8H,3-6,10H2,1-2H3. The summed E-state index contributed by atoms with van der Waals surface area (Å²) in [5, 5.41) is 0. The minimum absolute atomic E-state index is 0.439. The average Bonchev–Trinajstić information content (AvgIpc) is 2.32. The summed E-state index contributed by atoms with van der Waals surface area (Å²) in [5.41, 5.74) is 6.53. The Hall–Kier alpha value is -0.0800. The zero-order valence-electron chi connectivity index (χ0n) is 7.51. The number of hydrogen-bond donors (Lipinski definition) is 1. The lowest BCUT2D eigenvalue weighted by molar-refractivity contribution is 0.254. The van der Waals surface area contributed by atoms with E-state index < -0.39 is 0 Å². The first-order chi connectivity index (χ1) is 5.13. The Morgan fingerprint density at radius 3 is 2.82 bits per heavy atom. The van der Waals surface area contributed by atoms with Gasteiger partial charge in [-0.1, -0.05) is 6.92 Å². The predicted molar refractivity (Wildman–Crippen MR) is 46.3 cm³/mol. The zero-order chi connectivity index (χ0) is 8.06. The highest BCUT2D eigenvalue weighted by molar-refractivity contribution is 5.03. The summed E-state index contributed by atoms with van der Waals surface area (Å²) in [4.78, 5) is 2.42. The third-order valence-corrected chi connectivity index (χ3v) is 3.75. The van der Waals surface area contributed by atoms with Crippen LogP contribution in [-0.4, -0.2) is 31.1 Å². The predicted octanol–water partition coefficient (Wildman–Crippen LogP) is 0.675. The lowest BCUT2D eigenvalue weighted by Crippen LogP contribution is -2.39. The maximum Gasteiger partial charge on any atom is 0.0108 e. The normalized spacial score (nSPS) is 51.5. The van der Waals surface area contributed by atoms with Crippen LogP contribution < -0.4 is 5.73 Å². The highest BCUT2D eigenvalue weighted by atomic mass is 15.1. The Morgan fingerprint density at radius 2 is 2.18 bits per heavy atom. The molecule has 2 fully saturated rings. The molecule has 3 unspecified atom stereocenters. The molecule has 0 spiro atoms. The van der Waals surface area contributed by atoms with Crippen LogP contribution in [-0.2, 0) is 0 Å². The van der Waals surface area contributed by atoms with E-state index in [4.69, 9.17) is 5.73 Å². The van der Waals surface area contributed by atoms with E-state index >= 15 is 0 Å². The number of fused-ring (bicyclic) bond motifs is 1. The van der Waals surface area contributed by atoms with Gasteiger partial charge < -0.3 is 10.6 Å². The minimum Gasteiger partial charge on any atom is -0.327 e. The average molecular weight is 154 g/mol. The molecule has 2 heteroatoms. The monoisotopic (exact) mass is 154 g/mol. The molecule has 2 rings (SSSR count). The second kappa shape index (κ2) is 2.20. The van der Waals surface area contributed by atoms with Gasteiger partial charge in [0.15, 0.2) is 0 Å². The number of likely N-dealkylation sites (tertiary alicyclic amines) is 1. The Kier molecular flexibility index (Phi) is 1.52. The van der Waals surface area contributed by atoms with Crippen LogP contribution >= 0.6 is 0 Å². The second-order valence-corrected chi connectivity index (χ2v) is 4.58. The molecular formula is C9H18N2. The summed E-state index contributed by atoms with van der Waals surface area (Å²) in [6, 6.07) is 0.456. The molecule has 0 radical (unpaired) electrons. The van der Waals surface area contributed by atoms with Gasteiger partial charge in [0, 0.05) is 19.1 Å². The molecule has 0 aromatic carbocycles. The van der Waals surface area contributed by atoms with E-state index in [0.29, 0.717) is 11.5 Å². The topological polar surface area (TPSA) is 29.3 Å². The molecule has 1 aliphatic carbocycles. The lowest BCUT2D eigenvalue weighted by atomic mass is 9.80. The quantitative estimate of drug-likeness (QED) is 0.556. The third kappa shape index (κ3) is 0.926. The summed E-state index contributed by atoms with van der Waals surface area (Å²) >= 11 is 0. The molecule has 1 saturated carbocycles. The van der Waals surface area contributed by atoms with E-state index in [2.05, 4.69) is 18.9 Å². The maximum absolute atomic E-state index is 6.09. The number of nitrogens with two attached hydrogens (primary N) is 1. The fourth-order valence-corrected chi connectivity index (χ4v) is 2.91. The molecule has 0 amide bonds. The Labute approximate surface area is 68.7 Å². The largest absolute Gasteiger partial charge is 0.327 e. The van der Waals surface area contributed by atoms with Crippen LogP contribution in [0.25, 0.3) is 0 Å². The molecule has 1 aliphatic heterocycles. The molecule has 1 heterocycles. The van der Waals surface area contributed by atoms with Crippen molar-refractivity contribution in [3.8, 4) is 0 Å². The van der Waals surface area contributed by atoms with Crippen molar-refractivity contribution >= 4 is 0 Å². The van der Waals surface area contributed by atoms with Crippen LogP contribution in [0.15, 0.2) is 0 Å². The van der Waals surface area contributed by atoms with Gasteiger partial charge in [0.25, 0.3) is 0 Å². The molecule has 11 heavy (non-hydrogen) atoms. The van der Waals surface area contributed by atoms with Gasteiger partial charge in [-0.2, -0.15) is 0 Å². The van der Waals surface area contributed by atoms with Crippen molar-refractivity contribution in [3.63, 3.8) is 0 Å². The van der Waals surface area contributed by atoms with Gasteiger partial charge >= 0.3 is 0 Å². The van der Waals surface area contributed by atoms with Crippen molar-refractivity contribution in [3.05, 3.63) is 0 Å². The number of hydrogen-bond acceptors (Lipinski definition) is 2. The fourth-order valence-electron chi connectivity index (χ4n) is 2.91. The summed E-state index contributed by atoms with van der Waals surface area (Å²) in [6.07, 6.45) is 2.59. The van der Waals surface area contributed by atoms with Crippen LogP contribution in [0.1, 0.15) is 19.8 Å². The van der Waals surface area contributed by atoms with Gasteiger partial charge in [0.1, 0.15) is 0 Å². The van der Waals surface area contributed by atoms with E-state index in [1.807, 2.05) is 0 Å². The van der Waals surface area contributed by atoms with Crippen molar-refractivity contribution in [2.75, 3.05) is 20.1 Å². The molecule has 64 valence electrons. The Bertz CT molecular complexity index is 169. The first kappa shape index (κ1) is 7.56. The molecular weight excluding hydrogens is 136 g/mol. The van der Waals surface area contributed by atoms with Crippen molar-refractivity contribution in [1.29, 1.82) is 0 Å². The highest BCUT2D eigenvalue weighted by Crippen LogP contribution is 2.46. The smallest absolute Gasteiger partial charge is 0.0108 e. The molecule has 0 bridgehead atoms. The molecule has 2 N–H and O–H groups in total. The molecule has 3 atom stereocenters. The van der Waals surface area contributed by atoms with E-state index in [-0.39, 0.29) is 0 Å². The molecule has 0 aromatic rings. The van der Waals surface area contributed by atoms with Gasteiger partial charge in [0.05, 0.1) is 0 Å². The summed E-state index contributed by atoms with van der Waals surface area (Å²) in [7, 11) is 2.20. The van der Waals surface area contributed by atoms with E-state index in [9.17, 15) is 0 Å². The summed E-state index contributed by atoms with van der Waals surface area (Å²) < 4.78 is 0. The zero-order valence-corrected chi connectivity index (χ0v) is 7.51. The van der Waals surface area contributed by atoms with Crippen molar-refractivity contribution < 1.29 is 0 Å². The van der Waals surface area contributed by atoms with Gasteiger partial charge in [-0.25, -0.2) is 0 Å². The minimum atomic E-state index is 0.439. The van der Waals surface area contributed by atoms with Crippen molar-refractivity contribution in [2.24, 2.45) is 17.1 Å². The molecule has 1 saturated heterocycles. The van der Waals surface area contributed by atoms with E-state index in [0.717, 1.165) is 5.92 Å². The van der Waals surface area contributed by atoms with Crippen LogP contribution in [0.4, 0.5) is 0 Å². The van der Waals surface area contributed by atoms with Crippen LogP contribution in [0.3, 0.4) is 0 Å². The SMILES string of the molecule is CN1CC2CCC(N)C2(C)C1. The number of nitrogens with zero attached hydrogens (tertiary/aromatic N) is 1. The first-order valence-electron chi connectivity index (χ1n) is 4.57. The van der Waals surface area contributed by atoms with Gasteiger partial charge in [-0.05, 0) is 31.2 Å². The molecule has 2 aliphatic rings. The van der Waals surface area contributed by atoms with Gasteiger partial charge in [-0.15, -0.1) is 0 Å². The lowest BCUT2D eigenvalue weighted by Gasteiger charge is -2.28. The van der Waals surface area contributed by atoms with Crippen molar-refractivity contribution in [1.82, 2.24) is 4.90 Å². The van der Waals surface area contributed by atoms with Crippen molar-refractivity contribution in [2.45, 2.75) is 25.8 Å². The maximum atomic E-state index is 6.09. The molecule has 2 nitrogen and oxygen atoms in total. The van der Waals surface area contributed by atoms with Crippen LogP contribution in [0.2, 0.25) is 0 Å². The van der Waals surface area contributed by atoms with Crippen LogP contribution in [0, 0.1) is 11.3 Å². The summed E-state index contributed by atoms with van der Waals surface area (Å²) in [6.45, 7) is 4.84. The van der Waals surface area contributed by atoms with E-state index in [1.54, 1.807) is 0 Å². The fraction of sp³-hybridized carbons (Fsp3) is 1.00. The van der Waals surface area contributed by atoms with Gasteiger partial charge in [0.2, 0.25) is 0 Å². The van der Waals surface area contributed by atoms with E-state index in [1.165, 1.54) is 25.9 Å². The highest BCUT2D eigenvalue weighted by Gasteiger charge is 2.49. The Balaban J connectivity index is 2.20. The second-order valence-electron chi connectivity index (χ2n) is 4.58. The summed E-state index contributed by atoms with van der Waals surface area (Å²) in [5.74, 6) is 0.877. The third-order valence-electron chi connectivity index (χ3n) is 3.75.